The molecule has 0 atom stereocenters. The first-order valence-corrected chi connectivity index (χ1v) is 22.7. The van der Waals surface area contributed by atoms with Crippen LogP contribution in [0.25, 0.3) is 70.2 Å². The molecule has 0 saturated carbocycles. The average molecular weight is 1040 g/mol. The predicted molar refractivity (Wildman–Crippen MR) is 274 cm³/mol. The fourth-order valence-electron chi connectivity index (χ4n) is 7.40. The number of nitrogens with zero attached hydrogens (tertiary/aromatic N) is 18. The molecule has 0 spiro atoms. The number of non-ortho nitro benzene ring substituents is 3. The summed E-state index contributed by atoms with van der Waals surface area (Å²) in [5.41, 5.74) is 3.58. The van der Waals surface area contributed by atoms with Gasteiger partial charge in [0.2, 0.25) is 34.9 Å². The van der Waals surface area contributed by atoms with Crippen LogP contribution in [0.2, 0.25) is 0 Å². The van der Waals surface area contributed by atoms with E-state index in [0.29, 0.717) is 50.4 Å². The van der Waals surface area contributed by atoms with Crippen molar-refractivity contribution < 1.29 is 29.2 Å². The van der Waals surface area contributed by atoms with Gasteiger partial charge >= 0.3 is 0 Å². The normalized spacial score (nSPS) is 11.4. The Morgan fingerprint density at radius 3 is 0.833 bits per heavy atom. The Morgan fingerprint density at radius 1 is 0.359 bits per heavy atom. The van der Waals surface area contributed by atoms with Gasteiger partial charge in [0.05, 0.1) is 31.8 Å². The van der Waals surface area contributed by atoms with Gasteiger partial charge in [-0.2, -0.15) is 14.0 Å². The van der Waals surface area contributed by atoms with Gasteiger partial charge in [-0.25, -0.2) is 15.0 Å². The fourth-order valence-corrected chi connectivity index (χ4v) is 7.40. The van der Waals surface area contributed by atoms with Crippen molar-refractivity contribution >= 4 is 52.6 Å². The van der Waals surface area contributed by atoms with E-state index in [-0.39, 0.29) is 69.4 Å². The highest BCUT2D eigenvalue weighted by molar-refractivity contribution is 6.08. The van der Waals surface area contributed by atoms with Crippen molar-refractivity contribution in [2.75, 3.05) is 0 Å². The smallest absolute Gasteiger partial charge is 0.269 e. The van der Waals surface area contributed by atoms with Gasteiger partial charge in [-0.1, -0.05) is 18.2 Å². The minimum absolute atomic E-state index is 0.00983. The maximum atomic E-state index is 13.2. The molecule has 378 valence electrons. The monoisotopic (exact) mass is 1040 g/mol. The topological polar surface area (TPSA) is 350 Å². The second kappa shape index (κ2) is 21.6. The number of aromatic nitrogens is 15. The number of hydrogen-bond acceptors (Lipinski definition) is 21. The molecule has 0 aliphatic carbocycles. The van der Waals surface area contributed by atoms with Crippen molar-refractivity contribution in [2.45, 2.75) is 0 Å². The minimum atomic E-state index is -0.516. The zero-order chi connectivity index (χ0) is 54.3. The molecule has 0 unspecified atom stereocenters. The highest BCUT2D eigenvalue weighted by atomic mass is 16.6. The Balaban J connectivity index is 0.965. The lowest BCUT2D eigenvalue weighted by Gasteiger charge is -2.09. The molecule has 0 aliphatic heterocycles. The lowest BCUT2D eigenvalue weighted by Crippen LogP contribution is -2.10. The van der Waals surface area contributed by atoms with Crippen LogP contribution < -0.4 is 0 Å². The second-order valence-electron chi connectivity index (χ2n) is 16.3. The summed E-state index contributed by atoms with van der Waals surface area (Å²) in [6.45, 7) is 0. The van der Waals surface area contributed by atoms with Gasteiger partial charge in [0.1, 0.15) is 0 Å². The van der Waals surface area contributed by atoms with Gasteiger partial charge < -0.3 is 0 Å². The summed E-state index contributed by atoms with van der Waals surface area (Å²) < 4.78 is 3.94. The van der Waals surface area contributed by atoms with Crippen LogP contribution in [-0.2, 0) is 0 Å². The van der Waals surface area contributed by atoms with E-state index in [0.717, 1.165) is 0 Å². The van der Waals surface area contributed by atoms with Crippen LogP contribution in [0.15, 0.2) is 164 Å². The summed E-state index contributed by atoms with van der Waals surface area (Å²) in [6, 6.07) is 36.0. The fraction of sp³-hybridized carbons (Fsp3) is 0. The Hall–Kier alpha value is -12.0. The lowest BCUT2D eigenvalue weighted by molar-refractivity contribution is -0.385. The zero-order valence-electron chi connectivity index (χ0n) is 39.5. The molecule has 0 fully saturated rings. The quantitative estimate of drug-likeness (QED) is 0.0354. The second-order valence-corrected chi connectivity index (χ2v) is 16.3. The molecular weight excluding hydrogens is 1010 g/mol. The zero-order valence-corrected chi connectivity index (χ0v) is 39.5. The summed E-state index contributed by atoms with van der Waals surface area (Å²) in [4.78, 5) is 85.2. The number of rotatable bonds is 18. The highest BCUT2D eigenvalue weighted by Gasteiger charge is 2.25. The molecule has 0 saturated heterocycles. The third kappa shape index (κ3) is 10.8. The number of carbonyl (C=O) groups excluding carboxylic acids is 3. The van der Waals surface area contributed by atoms with Crippen LogP contribution in [0.3, 0.4) is 0 Å². The van der Waals surface area contributed by atoms with Gasteiger partial charge in [0.25, 0.3) is 17.1 Å². The van der Waals surface area contributed by atoms with E-state index >= 15 is 0 Å². The minimum Gasteiger partial charge on any atom is -0.289 e. The summed E-state index contributed by atoms with van der Waals surface area (Å²) in [5, 5.41) is 70.0. The molecule has 6 aromatic carbocycles. The number of ketones is 3. The highest BCUT2D eigenvalue weighted by Crippen LogP contribution is 2.26. The molecule has 0 bridgehead atoms. The van der Waals surface area contributed by atoms with Crippen LogP contribution in [-0.4, -0.2) is 108 Å². The van der Waals surface area contributed by atoms with E-state index in [1.165, 1.54) is 123 Å². The summed E-state index contributed by atoms with van der Waals surface area (Å²) in [7, 11) is 0. The molecular formula is C51H30N18O9. The lowest BCUT2D eigenvalue weighted by atomic mass is 10.1. The molecule has 27 nitrogen and oxygen atoms in total. The number of nitro groups is 3. The van der Waals surface area contributed by atoms with Crippen LogP contribution in [0.4, 0.5) is 17.1 Å². The predicted octanol–water partition coefficient (Wildman–Crippen LogP) is 7.21. The largest absolute Gasteiger partial charge is 0.289 e. The average Bonchev–Trinajstić information content (AvgIpc) is 4.30. The summed E-state index contributed by atoms with van der Waals surface area (Å²) >= 11 is 0. The molecule has 0 amide bonds. The third-order valence-corrected chi connectivity index (χ3v) is 11.4. The van der Waals surface area contributed by atoms with Crippen LogP contribution in [0, 0.1) is 30.3 Å². The van der Waals surface area contributed by atoms with Gasteiger partial charge in [0, 0.05) is 53.1 Å². The standard InChI is InChI=1S/C51H30N18O9/c70-43(28-7-31-1-16-40(17-2-31)67(73)74)34-10-22-37(23-11-34)64-49(55-58-61-64)46-52-47(50-56-59-62-65(50)38-24-12-35(13-25-38)44(71)29-8-32-3-18-41(19-4-32)68(75)76)54-48(53-46)51-57-60-63-66(51)39-26-14-36(15-27-39)45(72)30-9-33-5-20-42(21-6-33)69(77)78/h1-30H/b28-7+,29-8+,30-9+. The molecule has 27 heteroatoms. The van der Waals surface area contributed by atoms with Crippen LogP contribution in [0.1, 0.15) is 47.8 Å². The van der Waals surface area contributed by atoms with E-state index < -0.39 is 14.8 Å². The Kier molecular flexibility index (Phi) is 13.7. The van der Waals surface area contributed by atoms with E-state index in [9.17, 15) is 44.7 Å². The van der Waals surface area contributed by atoms with E-state index in [4.69, 9.17) is 15.0 Å². The van der Waals surface area contributed by atoms with Crippen molar-refractivity contribution in [3.63, 3.8) is 0 Å². The maximum absolute atomic E-state index is 13.2. The van der Waals surface area contributed by atoms with Gasteiger partial charge in [-0.3, -0.25) is 44.7 Å². The Labute approximate surface area is 435 Å². The van der Waals surface area contributed by atoms with Crippen LogP contribution in [0.5, 0.6) is 0 Å². The first-order chi connectivity index (χ1) is 37.8. The summed E-state index contributed by atoms with van der Waals surface area (Å²) in [6.07, 6.45) is 8.62. The Morgan fingerprint density at radius 2 is 0.603 bits per heavy atom. The molecule has 78 heavy (non-hydrogen) atoms. The first kappa shape index (κ1) is 49.5. The molecule has 0 radical (unpaired) electrons. The van der Waals surface area contributed by atoms with Crippen molar-refractivity contribution in [3.8, 4) is 52.0 Å². The number of nitro benzene ring substituents is 3. The number of benzene rings is 6. The molecule has 10 rings (SSSR count). The van der Waals surface area contributed by atoms with Crippen molar-refractivity contribution in [3.05, 3.63) is 228 Å². The van der Waals surface area contributed by atoms with Gasteiger partial charge in [-0.15, -0.1) is 15.3 Å². The number of hydrogen-bond donors (Lipinski definition) is 0. The van der Waals surface area contributed by atoms with E-state index in [1.54, 1.807) is 72.8 Å². The third-order valence-electron chi connectivity index (χ3n) is 11.4. The van der Waals surface area contributed by atoms with Crippen molar-refractivity contribution in [1.82, 2.24) is 75.6 Å². The maximum Gasteiger partial charge on any atom is 0.269 e. The van der Waals surface area contributed by atoms with Gasteiger partial charge in [-0.05, 0) is 175 Å². The van der Waals surface area contributed by atoms with Gasteiger partial charge in [0.15, 0.2) is 17.3 Å². The number of tetrazole rings is 3. The van der Waals surface area contributed by atoms with Crippen molar-refractivity contribution in [1.29, 1.82) is 0 Å². The molecule has 10 aromatic rings. The SMILES string of the molecule is O=C(/C=C/c1ccc([N+](=O)[O-])cc1)c1ccc(-n2nnnc2-c2nc(-c3nnnn3-c3ccc(C(=O)/C=C/c4ccc([N+](=O)[O-])cc4)cc3)nc(-c3nnnn3-c3ccc(C(=O)/C=C/c4ccc([N+](=O)[O-])cc4)cc3)n2)cc1. The Bertz CT molecular complexity index is 3610. The molecule has 4 aromatic heterocycles. The first-order valence-electron chi connectivity index (χ1n) is 22.7. The van der Waals surface area contributed by atoms with Crippen LogP contribution >= 0.6 is 0 Å². The number of carbonyl (C=O) groups is 3. The number of allylic oxidation sites excluding steroid dienone is 3. The molecule has 0 aliphatic rings. The van der Waals surface area contributed by atoms with Crippen molar-refractivity contribution in [2.24, 2.45) is 0 Å². The molecule has 4 heterocycles. The summed E-state index contributed by atoms with van der Waals surface area (Å²) in [5.74, 6) is -1.43. The van der Waals surface area contributed by atoms with E-state index in [2.05, 4.69) is 46.6 Å². The molecule has 0 N–H and O–H groups in total. The van der Waals surface area contributed by atoms with E-state index in [1.807, 2.05) is 0 Å².